The summed E-state index contributed by atoms with van der Waals surface area (Å²) in [5.74, 6) is 3.19. The van der Waals surface area contributed by atoms with Gasteiger partial charge in [0.25, 0.3) is 0 Å². The molecule has 3 N–H and O–H groups in total. The Morgan fingerprint density at radius 3 is 0.759 bits per heavy atom. The van der Waals surface area contributed by atoms with Crippen molar-refractivity contribution < 1.29 is 34.3 Å². The van der Waals surface area contributed by atoms with Crippen LogP contribution < -0.4 is 18.9 Å². The van der Waals surface area contributed by atoms with Crippen LogP contribution in [0.1, 0.15) is 108 Å². The molecule has 7 heteroatoms. The maximum absolute atomic E-state index is 11.0. The molecule has 0 aliphatic carbocycles. The van der Waals surface area contributed by atoms with Crippen molar-refractivity contribution >= 4 is 0 Å². The molecular formula is C47H64O7. The molecular weight excluding hydrogens is 677 g/mol. The molecule has 0 aliphatic rings. The monoisotopic (exact) mass is 740 g/mol. The number of aliphatic hydroxyl groups is 3. The lowest BCUT2D eigenvalue weighted by Gasteiger charge is -2.30. The lowest BCUT2D eigenvalue weighted by molar-refractivity contribution is 0.0617. The van der Waals surface area contributed by atoms with Gasteiger partial charge in [0, 0.05) is 10.8 Å². The van der Waals surface area contributed by atoms with Crippen molar-refractivity contribution in [3.63, 3.8) is 0 Å². The first kappa shape index (κ1) is 42.7. The summed E-state index contributed by atoms with van der Waals surface area (Å²) in [5, 5.41) is 30.4. The molecule has 0 aromatic heterocycles. The zero-order valence-electron chi connectivity index (χ0n) is 35.2. The van der Waals surface area contributed by atoms with Gasteiger partial charge in [-0.1, -0.05) is 76.2 Å². The number of aliphatic hydroxyl groups excluding tert-OH is 3. The molecule has 0 radical (unpaired) electrons. The van der Waals surface area contributed by atoms with E-state index in [4.69, 9.17) is 18.9 Å². The Morgan fingerprint density at radius 2 is 0.574 bits per heavy atom. The Balaban J connectivity index is 1.43. The minimum absolute atomic E-state index is 0.107. The zero-order valence-corrected chi connectivity index (χ0v) is 35.2. The van der Waals surface area contributed by atoms with Gasteiger partial charge in [-0.15, -0.1) is 0 Å². The van der Waals surface area contributed by atoms with E-state index in [1.807, 2.05) is 55.4 Å². The van der Waals surface area contributed by atoms with Gasteiger partial charge in [0.2, 0.25) is 0 Å². The van der Waals surface area contributed by atoms with E-state index in [0.29, 0.717) is 0 Å². The lowest BCUT2D eigenvalue weighted by Crippen LogP contribution is -2.26. The fourth-order valence-corrected chi connectivity index (χ4v) is 7.30. The SMILES string of the molecule is Cc1cc(C(C)(C)c2cc(C)c(OCC(O)COc3c(C)cc(C(C)(C)c4cc(C)c(OCC(C)O)c(C)c4)cc3C)c(C)c2)cc(C)c1OCC(C)O. The van der Waals surface area contributed by atoms with Crippen LogP contribution in [0.3, 0.4) is 0 Å². The van der Waals surface area contributed by atoms with E-state index >= 15 is 0 Å². The summed E-state index contributed by atoms with van der Waals surface area (Å²) < 4.78 is 24.3. The second kappa shape index (κ2) is 17.2. The van der Waals surface area contributed by atoms with Gasteiger partial charge >= 0.3 is 0 Å². The Hall–Kier alpha value is -4.04. The van der Waals surface area contributed by atoms with Crippen LogP contribution in [0.2, 0.25) is 0 Å². The van der Waals surface area contributed by atoms with E-state index in [0.717, 1.165) is 67.5 Å². The van der Waals surface area contributed by atoms with Gasteiger partial charge in [-0.05, 0) is 136 Å². The van der Waals surface area contributed by atoms with Gasteiger partial charge in [0.15, 0.2) is 0 Å². The third-order valence-electron chi connectivity index (χ3n) is 10.5. The minimum atomic E-state index is -0.823. The third kappa shape index (κ3) is 9.79. The van der Waals surface area contributed by atoms with Crippen molar-refractivity contribution in [2.75, 3.05) is 26.4 Å². The molecule has 0 bridgehead atoms. The Labute approximate surface area is 324 Å². The molecule has 0 spiro atoms. The number of hydrogen-bond donors (Lipinski definition) is 3. The summed E-state index contributed by atoms with van der Waals surface area (Å²) in [6.07, 6.45) is -1.88. The largest absolute Gasteiger partial charge is 0.490 e. The van der Waals surface area contributed by atoms with Gasteiger partial charge in [0.1, 0.15) is 55.5 Å². The topological polar surface area (TPSA) is 97.6 Å². The van der Waals surface area contributed by atoms with E-state index in [2.05, 4.69) is 76.2 Å². The van der Waals surface area contributed by atoms with Crippen LogP contribution in [0.5, 0.6) is 23.0 Å². The molecule has 294 valence electrons. The maximum Gasteiger partial charge on any atom is 0.125 e. The Kier molecular flexibility index (Phi) is 13.6. The normalized spacial score (nSPS) is 13.7. The molecule has 2 unspecified atom stereocenters. The predicted molar refractivity (Wildman–Crippen MR) is 219 cm³/mol. The molecule has 0 amide bonds. The van der Waals surface area contributed by atoms with Crippen molar-refractivity contribution in [1.82, 2.24) is 0 Å². The van der Waals surface area contributed by atoms with E-state index < -0.39 is 18.3 Å². The fourth-order valence-electron chi connectivity index (χ4n) is 7.30. The number of aryl methyl sites for hydroxylation is 8. The number of benzene rings is 4. The molecule has 0 fully saturated rings. The molecule has 4 aromatic rings. The summed E-state index contributed by atoms with van der Waals surface area (Å²) in [6.45, 7) is 29.5. The molecule has 0 aliphatic heterocycles. The van der Waals surface area contributed by atoms with Gasteiger partial charge < -0.3 is 34.3 Å². The molecule has 0 saturated heterocycles. The van der Waals surface area contributed by atoms with Crippen molar-refractivity contribution in [2.24, 2.45) is 0 Å². The van der Waals surface area contributed by atoms with E-state index in [1.165, 1.54) is 22.3 Å². The summed E-state index contributed by atoms with van der Waals surface area (Å²) in [6, 6.07) is 17.4. The van der Waals surface area contributed by atoms with Gasteiger partial charge in [-0.3, -0.25) is 0 Å². The van der Waals surface area contributed by atoms with E-state index in [-0.39, 0.29) is 37.3 Å². The van der Waals surface area contributed by atoms with Crippen LogP contribution in [0, 0.1) is 55.4 Å². The first-order valence-electron chi connectivity index (χ1n) is 19.2. The standard InChI is InChI=1S/C47H64O7/c1-27-15-37(16-28(2)42(27)51-23-35(9)48)46(11,12)39-19-31(5)44(32(6)20-39)53-25-41(50)26-54-45-33(7)21-40(22-34(45)8)47(13,14)38-17-29(3)43(30(4)18-38)52-24-36(10)49/h15-22,35-36,41,48-50H,23-26H2,1-14H3. The average Bonchev–Trinajstić information content (AvgIpc) is 3.06. The van der Waals surface area contributed by atoms with E-state index in [1.54, 1.807) is 13.8 Å². The molecule has 4 aromatic carbocycles. The Morgan fingerprint density at radius 1 is 0.389 bits per heavy atom. The van der Waals surface area contributed by atoms with Crippen LogP contribution in [-0.2, 0) is 10.8 Å². The minimum Gasteiger partial charge on any atom is -0.490 e. The highest BCUT2D eigenvalue weighted by atomic mass is 16.5. The second-order valence-corrected chi connectivity index (χ2v) is 16.6. The summed E-state index contributed by atoms with van der Waals surface area (Å²) >= 11 is 0. The predicted octanol–water partition coefficient (Wildman–Crippen LogP) is 9.14. The van der Waals surface area contributed by atoms with Gasteiger partial charge in [-0.25, -0.2) is 0 Å². The molecule has 0 saturated carbocycles. The van der Waals surface area contributed by atoms with Crippen LogP contribution in [0.15, 0.2) is 48.5 Å². The lowest BCUT2D eigenvalue weighted by atomic mass is 9.76. The summed E-state index contributed by atoms with van der Waals surface area (Å²) in [5.41, 5.74) is 12.4. The van der Waals surface area contributed by atoms with Gasteiger partial charge in [0.05, 0.1) is 12.2 Å². The molecule has 7 nitrogen and oxygen atoms in total. The number of rotatable bonds is 16. The quantitative estimate of drug-likeness (QED) is 0.105. The first-order valence-corrected chi connectivity index (χ1v) is 19.2. The zero-order chi connectivity index (χ0) is 40.3. The highest BCUT2D eigenvalue weighted by molar-refractivity contribution is 5.54. The second-order valence-electron chi connectivity index (χ2n) is 16.6. The van der Waals surface area contributed by atoms with Crippen LogP contribution in [-0.4, -0.2) is 60.1 Å². The van der Waals surface area contributed by atoms with E-state index in [9.17, 15) is 15.3 Å². The van der Waals surface area contributed by atoms with Crippen molar-refractivity contribution in [2.45, 2.75) is 126 Å². The molecule has 54 heavy (non-hydrogen) atoms. The first-order chi connectivity index (χ1) is 25.1. The van der Waals surface area contributed by atoms with Crippen LogP contribution in [0.25, 0.3) is 0 Å². The highest BCUT2D eigenvalue weighted by Crippen LogP contribution is 2.40. The number of ether oxygens (including phenoxy) is 4. The Bertz CT molecular complexity index is 1700. The van der Waals surface area contributed by atoms with Crippen molar-refractivity contribution in [3.8, 4) is 23.0 Å². The summed E-state index contributed by atoms with van der Waals surface area (Å²) in [4.78, 5) is 0. The molecule has 4 rings (SSSR count). The van der Waals surface area contributed by atoms with Crippen molar-refractivity contribution in [3.05, 3.63) is 115 Å². The van der Waals surface area contributed by atoms with Crippen molar-refractivity contribution in [1.29, 1.82) is 0 Å². The highest BCUT2D eigenvalue weighted by Gasteiger charge is 2.28. The van der Waals surface area contributed by atoms with Crippen LogP contribution in [0.4, 0.5) is 0 Å². The number of hydrogen-bond acceptors (Lipinski definition) is 7. The molecule has 0 heterocycles. The maximum atomic E-state index is 11.0. The summed E-state index contributed by atoms with van der Waals surface area (Å²) in [7, 11) is 0. The third-order valence-corrected chi connectivity index (χ3v) is 10.5. The smallest absolute Gasteiger partial charge is 0.125 e. The average molecular weight is 741 g/mol. The molecule has 2 atom stereocenters. The van der Waals surface area contributed by atoms with Gasteiger partial charge in [-0.2, -0.15) is 0 Å². The fraction of sp³-hybridized carbons (Fsp3) is 0.489. The van der Waals surface area contributed by atoms with Crippen LogP contribution >= 0.6 is 0 Å².